The number of pyridine rings is 3. The molecule has 2 aliphatic rings. The summed E-state index contributed by atoms with van der Waals surface area (Å²) in [6.45, 7) is 1.35. The van der Waals surface area contributed by atoms with E-state index in [1.807, 2.05) is 25.2 Å². The number of anilines is 2. The van der Waals surface area contributed by atoms with Gasteiger partial charge >= 0.3 is 0 Å². The maximum absolute atomic E-state index is 15.2. The van der Waals surface area contributed by atoms with Crippen LogP contribution in [0.3, 0.4) is 0 Å². The number of hydrogen-bond donors (Lipinski definition) is 2. The van der Waals surface area contributed by atoms with E-state index in [1.165, 1.54) is 15.2 Å². The van der Waals surface area contributed by atoms with Crippen LogP contribution in [0.4, 0.5) is 15.9 Å². The van der Waals surface area contributed by atoms with E-state index in [4.69, 9.17) is 4.74 Å². The van der Waals surface area contributed by atoms with Gasteiger partial charge in [-0.15, -0.1) is 0 Å². The predicted molar refractivity (Wildman–Crippen MR) is 168 cm³/mol. The lowest BCUT2D eigenvalue weighted by Gasteiger charge is -2.35. The summed E-state index contributed by atoms with van der Waals surface area (Å²) in [6.07, 6.45) is 7.13. The molecule has 224 valence electrons. The molecule has 3 aromatic heterocycles. The first-order valence-corrected chi connectivity index (χ1v) is 14.7. The molecule has 0 amide bonds. The third-order valence-corrected chi connectivity index (χ3v) is 8.42. The third-order valence-electron chi connectivity index (χ3n) is 8.42. The molecular formula is C34H32FN5O4. The first kappa shape index (κ1) is 28.0. The molecule has 4 heterocycles. The number of rotatable bonds is 8. The molecule has 0 atom stereocenters. The summed E-state index contributed by atoms with van der Waals surface area (Å²) in [5.74, 6) is 0.955. The summed E-state index contributed by atoms with van der Waals surface area (Å²) < 4.78 is 23.9. The highest BCUT2D eigenvalue weighted by atomic mass is 19.1. The van der Waals surface area contributed by atoms with Crippen molar-refractivity contribution in [2.24, 2.45) is 7.05 Å². The maximum atomic E-state index is 15.2. The number of nitrogens with one attached hydrogen (secondary N) is 1. The zero-order chi connectivity index (χ0) is 30.5. The highest BCUT2D eigenvalue weighted by Crippen LogP contribution is 2.41. The number of fused-ring (bicyclic) bond motifs is 1. The lowest BCUT2D eigenvalue weighted by atomic mass is 9.98. The van der Waals surface area contributed by atoms with Gasteiger partial charge in [-0.3, -0.25) is 19.1 Å². The lowest BCUT2D eigenvalue weighted by Crippen LogP contribution is -2.51. The van der Waals surface area contributed by atoms with E-state index in [0.717, 1.165) is 31.5 Å². The minimum atomic E-state index is -0.539. The van der Waals surface area contributed by atoms with E-state index in [2.05, 4.69) is 15.2 Å². The van der Waals surface area contributed by atoms with Crippen molar-refractivity contribution in [1.29, 1.82) is 0 Å². The van der Waals surface area contributed by atoms with Crippen molar-refractivity contribution in [2.75, 3.05) is 25.5 Å². The van der Waals surface area contributed by atoms with E-state index in [9.17, 15) is 14.7 Å². The van der Waals surface area contributed by atoms with Gasteiger partial charge in [0.2, 0.25) is 0 Å². The Bertz CT molecular complexity index is 2010. The van der Waals surface area contributed by atoms with Gasteiger partial charge in [0.1, 0.15) is 29.2 Å². The molecule has 1 aliphatic heterocycles. The molecule has 2 N–H and O–H groups in total. The minimum absolute atomic E-state index is 0.0173. The standard InChI is InChI=1S/C34H32FN5O4/c1-38-17-25(18-38)44-24-8-9-31(36-15-24)37-29-14-23(16-39(2)33(29)42)26-4-3-5-30(27(26)19-41)40-11-10-21-12-22(20-6-7-20)13-28(35)32(21)34(40)43/h3-5,8-16,20,25,41H,6-7,17-19H2,1-2H3,(H,36,37). The Balaban J connectivity index is 1.23. The summed E-state index contributed by atoms with van der Waals surface area (Å²) in [4.78, 5) is 33.3. The number of nitrogens with zero attached hydrogens (tertiary/aromatic N) is 4. The first-order chi connectivity index (χ1) is 21.3. The van der Waals surface area contributed by atoms with Crippen LogP contribution in [0.2, 0.25) is 0 Å². The number of aliphatic hydroxyl groups excluding tert-OH is 1. The summed E-state index contributed by atoms with van der Waals surface area (Å²) in [5.41, 5.74) is 2.62. The smallest absolute Gasteiger partial charge is 0.274 e. The molecule has 2 aromatic carbocycles. The van der Waals surface area contributed by atoms with Crippen molar-refractivity contribution in [1.82, 2.24) is 19.0 Å². The second kappa shape index (κ2) is 11.0. The Kier molecular flexibility index (Phi) is 7.02. The second-order valence-electron chi connectivity index (χ2n) is 11.7. The van der Waals surface area contributed by atoms with Crippen molar-refractivity contribution in [3.63, 3.8) is 0 Å². The molecule has 44 heavy (non-hydrogen) atoms. The Morgan fingerprint density at radius 3 is 2.57 bits per heavy atom. The van der Waals surface area contributed by atoms with Gasteiger partial charge in [-0.05, 0) is 78.7 Å². The van der Waals surface area contributed by atoms with Crippen LogP contribution < -0.4 is 21.2 Å². The minimum Gasteiger partial charge on any atom is -0.486 e. The molecular weight excluding hydrogens is 561 g/mol. The number of aliphatic hydroxyl groups is 1. The third kappa shape index (κ3) is 5.16. The van der Waals surface area contributed by atoms with Crippen molar-refractivity contribution < 1.29 is 14.2 Å². The number of aryl methyl sites for hydroxylation is 1. The molecule has 0 unspecified atom stereocenters. The fourth-order valence-corrected chi connectivity index (χ4v) is 5.95. The molecule has 1 aliphatic carbocycles. The molecule has 9 nitrogen and oxygen atoms in total. The van der Waals surface area contributed by atoms with Crippen LogP contribution in [0.25, 0.3) is 27.6 Å². The van der Waals surface area contributed by atoms with Crippen LogP contribution in [-0.2, 0) is 13.7 Å². The van der Waals surface area contributed by atoms with E-state index in [1.54, 1.807) is 56.0 Å². The zero-order valence-electron chi connectivity index (χ0n) is 24.5. The van der Waals surface area contributed by atoms with Gasteiger partial charge < -0.3 is 19.7 Å². The van der Waals surface area contributed by atoms with E-state index >= 15 is 4.39 Å². The normalized spacial score (nSPS) is 15.4. The van der Waals surface area contributed by atoms with Crippen LogP contribution in [-0.4, -0.2) is 50.4 Å². The predicted octanol–water partition coefficient (Wildman–Crippen LogP) is 4.70. The fourth-order valence-electron chi connectivity index (χ4n) is 5.95. The van der Waals surface area contributed by atoms with Gasteiger partial charge in [0.05, 0.1) is 23.9 Å². The molecule has 0 bridgehead atoms. The quantitative estimate of drug-likeness (QED) is 0.269. The average Bonchev–Trinajstić information content (AvgIpc) is 3.85. The van der Waals surface area contributed by atoms with E-state index < -0.39 is 11.4 Å². The van der Waals surface area contributed by atoms with Crippen LogP contribution >= 0.6 is 0 Å². The van der Waals surface area contributed by atoms with Crippen molar-refractivity contribution in [2.45, 2.75) is 31.5 Å². The van der Waals surface area contributed by atoms with Gasteiger partial charge in [-0.1, -0.05) is 18.2 Å². The van der Waals surface area contributed by atoms with Crippen LogP contribution in [0.15, 0.2) is 82.8 Å². The van der Waals surface area contributed by atoms with Crippen LogP contribution in [0.5, 0.6) is 5.75 Å². The summed E-state index contributed by atoms with van der Waals surface area (Å²) in [7, 11) is 3.68. The Morgan fingerprint density at radius 2 is 1.86 bits per heavy atom. The molecule has 1 saturated carbocycles. The first-order valence-electron chi connectivity index (χ1n) is 14.7. The topological polar surface area (TPSA) is 102 Å². The monoisotopic (exact) mass is 593 g/mol. The maximum Gasteiger partial charge on any atom is 0.274 e. The molecule has 10 heteroatoms. The van der Waals surface area contributed by atoms with Crippen LogP contribution in [0, 0.1) is 5.82 Å². The fraction of sp³-hybridized carbons (Fsp3) is 0.265. The highest BCUT2D eigenvalue weighted by molar-refractivity contribution is 5.84. The number of likely N-dealkylation sites (N-methyl/N-ethyl adjacent to an activating group) is 1. The summed E-state index contributed by atoms with van der Waals surface area (Å²) >= 11 is 0. The molecule has 0 spiro atoms. The Hall–Kier alpha value is -4.80. The number of aromatic nitrogens is 3. The molecule has 5 aromatic rings. The average molecular weight is 594 g/mol. The molecule has 7 rings (SSSR count). The van der Waals surface area contributed by atoms with Crippen LogP contribution in [0.1, 0.15) is 29.9 Å². The van der Waals surface area contributed by atoms with Gasteiger partial charge in [-0.25, -0.2) is 9.37 Å². The number of benzene rings is 2. The van der Waals surface area contributed by atoms with Crippen molar-refractivity contribution in [3.05, 3.63) is 111 Å². The van der Waals surface area contributed by atoms with Gasteiger partial charge in [0, 0.05) is 43.7 Å². The highest BCUT2D eigenvalue weighted by Gasteiger charge is 2.26. The zero-order valence-corrected chi connectivity index (χ0v) is 24.5. The number of likely N-dealkylation sites (tertiary alicyclic amines) is 1. The lowest BCUT2D eigenvalue weighted by molar-refractivity contribution is 0.0386. The molecule has 2 fully saturated rings. The van der Waals surface area contributed by atoms with Gasteiger partial charge in [0.25, 0.3) is 11.1 Å². The SMILES string of the molecule is CN1CC(Oc2ccc(Nc3cc(-c4cccc(-n5ccc6cc(C7CC7)cc(F)c6c5=O)c4CO)cn(C)c3=O)nc2)C1. The van der Waals surface area contributed by atoms with Crippen molar-refractivity contribution in [3.8, 4) is 22.6 Å². The molecule has 1 saturated heterocycles. The molecule has 0 radical (unpaired) electrons. The second-order valence-corrected chi connectivity index (χ2v) is 11.7. The van der Waals surface area contributed by atoms with E-state index in [-0.39, 0.29) is 29.3 Å². The largest absolute Gasteiger partial charge is 0.486 e. The van der Waals surface area contributed by atoms with E-state index in [0.29, 0.717) is 45.2 Å². The summed E-state index contributed by atoms with van der Waals surface area (Å²) in [6, 6.07) is 15.7. The number of ether oxygens (including phenoxy) is 1. The van der Waals surface area contributed by atoms with Gasteiger partial charge in [-0.2, -0.15) is 0 Å². The number of halogens is 1. The summed E-state index contributed by atoms with van der Waals surface area (Å²) in [5, 5.41) is 14.2. The number of hydrogen-bond acceptors (Lipinski definition) is 7. The Labute approximate surface area is 252 Å². The van der Waals surface area contributed by atoms with Crippen molar-refractivity contribution >= 4 is 22.3 Å². The van der Waals surface area contributed by atoms with Gasteiger partial charge in [0.15, 0.2) is 0 Å². The Morgan fingerprint density at radius 1 is 1.05 bits per heavy atom.